The molecule has 0 saturated heterocycles. The Bertz CT molecular complexity index is 489. The third-order valence-corrected chi connectivity index (χ3v) is 2.44. The van der Waals surface area contributed by atoms with Gasteiger partial charge in [-0.25, -0.2) is 4.98 Å². The van der Waals surface area contributed by atoms with Crippen LogP contribution < -0.4 is 5.73 Å². The van der Waals surface area contributed by atoms with Crippen LogP contribution in [-0.2, 0) is 0 Å². The minimum Gasteiger partial charge on any atom is -0.438 e. The minimum atomic E-state index is -0.212. The van der Waals surface area contributed by atoms with E-state index in [4.69, 9.17) is 14.7 Å². The highest BCUT2D eigenvalue weighted by Gasteiger charge is 2.19. The number of aromatic nitrogens is 3. The zero-order valence-electron chi connectivity index (χ0n) is 10.2. The molecule has 0 aromatic carbocycles. The summed E-state index contributed by atoms with van der Waals surface area (Å²) in [5.74, 6) is 1.82. The van der Waals surface area contributed by atoms with Crippen LogP contribution in [0, 0.1) is 12.8 Å². The number of rotatable bonds is 4. The number of aryl methyl sites for hydroxylation is 1. The van der Waals surface area contributed by atoms with Crippen molar-refractivity contribution in [3.8, 4) is 11.7 Å². The standard InChI is InChI=1S/C11H16N4O2/c1-6(2)4-8(12)10-14-11(17-15-10)9-7(3)13-5-16-9/h5-6,8H,4,12H2,1-3H3. The van der Waals surface area contributed by atoms with Crippen LogP contribution in [0.5, 0.6) is 0 Å². The van der Waals surface area contributed by atoms with Crippen molar-refractivity contribution in [2.75, 3.05) is 0 Å². The van der Waals surface area contributed by atoms with Gasteiger partial charge in [-0.2, -0.15) is 4.98 Å². The molecule has 6 nitrogen and oxygen atoms in total. The molecule has 2 rings (SSSR count). The summed E-state index contributed by atoms with van der Waals surface area (Å²) in [6.45, 7) is 6.01. The quantitative estimate of drug-likeness (QED) is 0.873. The third kappa shape index (κ3) is 2.52. The molecule has 0 aliphatic rings. The molecule has 2 N–H and O–H groups in total. The first kappa shape index (κ1) is 11.8. The lowest BCUT2D eigenvalue weighted by atomic mass is 10.0. The van der Waals surface area contributed by atoms with Crippen molar-refractivity contribution in [2.24, 2.45) is 11.7 Å². The summed E-state index contributed by atoms with van der Waals surface area (Å²) in [5, 5.41) is 3.87. The molecule has 0 spiro atoms. The molecule has 0 aliphatic carbocycles. The second kappa shape index (κ2) is 4.67. The molecular weight excluding hydrogens is 220 g/mol. The molecule has 0 fully saturated rings. The highest BCUT2D eigenvalue weighted by molar-refractivity contribution is 5.46. The smallest absolute Gasteiger partial charge is 0.295 e. The van der Waals surface area contributed by atoms with Gasteiger partial charge in [-0.1, -0.05) is 19.0 Å². The average molecular weight is 236 g/mol. The van der Waals surface area contributed by atoms with Crippen LogP contribution in [0.4, 0.5) is 0 Å². The number of hydrogen-bond acceptors (Lipinski definition) is 6. The van der Waals surface area contributed by atoms with Gasteiger partial charge in [0.05, 0.1) is 11.7 Å². The maximum atomic E-state index is 5.97. The molecule has 0 saturated carbocycles. The van der Waals surface area contributed by atoms with E-state index in [0.29, 0.717) is 23.4 Å². The van der Waals surface area contributed by atoms with Crippen LogP contribution in [-0.4, -0.2) is 15.1 Å². The van der Waals surface area contributed by atoms with Crippen molar-refractivity contribution >= 4 is 0 Å². The number of nitrogens with zero attached hydrogens (tertiary/aromatic N) is 3. The van der Waals surface area contributed by atoms with Gasteiger partial charge in [0.15, 0.2) is 12.2 Å². The molecule has 1 atom stereocenters. The Morgan fingerprint density at radius 1 is 1.41 bits per heavy atom. The van der Waals surface area contributed by atoms with Crippen molar-refractivity contribution in [1.29, 1.82) is 0 Å². The van der Waals surface area contributed by atoms with E-state index in [1.807, 2.05) is 6.92 Å². The topological polar surface area (TPSA) is 91.0 Å². The second-order valence-corrected chi connectivity index (χ2v) is 4.46. The molecule has 6 heteroatoms. The molecule has 2 heterocycles. The predicted molar refractivity (Wildman–Crippen MR) is 60.9 cm³/mol. The molecular formula is C11H16N4O2. The van der Waals surface area contributed by atoms with E-state index in [-0.39, 0.29) is 6.04 Å². The maximum absolute atomic E-state index is 5.97. The summed E-state index contributed by atoms with van der Waals surface area (Å²) in [5.41, 5.74) is 6.69. The van der Waals surface area contributed by atoms with Gasteiger partial charge in [0, 0.05) is 0 Å². The van der Waals surface area contributed by atoms with Gasteiger partial charge < -0.3 is 14.7 Å². The zero-order valence-corrected chi connectivity index (χ0v) is 10.2. The van der Waals surface area contributed by atoms with Crippen LogP contribution >= 0.6 is 0 Å². The molecule has 2 aromatic heterocycles. The molecule has 92 valence electrons. The Morgan fingerprint density at radius 3 is 2.76 bits per heavy atom. The summed E-state index contributed by atoms with van der Waals surface area (Å²) >= 11 is 0. The largest absolute Gasteiger partial charge is 0.438 e. The number of nitrogens with two attached hydrogens (primary N) is 1. The Morgan fingerprint density at radius 2 is 2.18 bits per heavy atom. The van der Waals surface area contributed by atoms with E-state index < -0.39 is 0 Å². The minimum absolute atomic E-state index is 0.212. The monoisotopic (exact) mass is 236 g/mol. The van der Waals surface area contributed by atoms with Crippen molar-refractivity contribution in [2.45, 2.75) is 33.2 Å². The summed E-state index contributed by atoms with van der Waals surface area (Å²) in [6, 6.07) is -0.212. The summed E-state index contributed by atoms with van der Waals surface area (Å²) in [7, 11) is 0. The van der Waals surface area contributed by atoms with Gasteiger partial charge in [-0.3, -0.25) is 0 Å². The summed E-state index contributed by atoms with van der Waals surface area (Å²) in [6.07, 6.45) is 2.16. The molecule has 0 bridgehead atoms. The highest BCUT2D eigenvalue weighted by atomic mass is 16.5. The van der Waals surface area contributed by atoms with Crippen LogP contribution in [0.1, 0.15) is 37.8 Å². The van der Waals surface area contributed by atoms with Gasteiger partial charge in [-0.05, 0) is 19.3 Å². The fraction of sp³-hybridized carbons (Fsp3) is 0.545. The van der Waals surface area contributed by atoms with E-state index in [1.54, 1.807) is 0 Å². The normalized spacial score (nSPS) is 13.2. The number of oxazole rings is 1. The average Bonchev–Trinajstić information content (AvgIpc) is 2.84. The molecule has 0 amide bonds. The highest BCUT2D eigenvalue weighted by Crippen LogP contribution is 2.23. The van der Waals surface area contributed by atoms with Crippen LogP contribution in [0.3, 0.4) is 0 Å². The first-order chi connectivity index (χ1) is 8.08. The predicted octanol–water partition coefficient (Wildman–Crippen LogP) is 2.08. The first-order valence-corrected chi connectivity index (χ1v) is 5.57. The van der Waals surface area contributed by atoms with Gasteiger partial charge >= 0.3 is 0 Å². The molecule has 17 heavy (non-hydrogen) atoms. The lowest BCUT2D eigenvalue weighted by molar-refractivity contribution is 0.395. The third-order valence-electron chi connectivity index (χ3n) is 2.44. The van der Waals surface area contributed by atoms with Crippen molar-refractivity contribution in [1.82, 2.24) is 15.1 Å². The van der Waals surface area contributed by atoms with Gasteiger partial charge in [0.2, 0.25) is 5.76 Å². The lowest BCUT2D eigenvalue weighted by Crippen LogP contribution is -2.14. The molecule has 2 aromatic rings. The summed E-state index contributed by atoms with van der Waals surface area (Å²) < 4.78 is 10.3. The first-order valence-electron chi connectivity index (χ1n) is 5.57. The van der Waals surface area contributed by atoms with E-state index >= 15 is 0 Å². The van der Waals surface area contributed by atoms with E-state index in [0.717, 1.165) is 12.1 Å². The molecule has 0 aliphatic heterocycles. The Balaban J connectivity index is 2.19. The fourth-order valence-corrected chi connectivity index (χ4v) is 1.60. The second-order valence-electron chi connectivity index (χ2n) is 4.46. The van der Waals surface area contributed by atoms with Crippen molar-refractivity contribution in [3.05, 3.63) is 17.9 Å². The van der Waals surface area contributed by atoms with Gasteiger partial charge in [-0.15, -0.1) is 0 Å². The van der Waals surface area contributed by atoms with Crippen LogP contribution in [0.2, 0.25) is 0 Å². The van der Waals surface area contributed by atoms with Crippen LogP contribution in [0.25, 0.3) is 11.7 Å². The Kier molecular flexibility index (Phi) is 3.23. The Hall–Kier alpha value is -1.69. The lowest BCUT2D eigenvalue weighted by Gasteiger charge is -2.08. The van der Waals surface area contributed by atoms with E-state index in [1.165, 1.54) is 6.39 Å². The Labute approximate surface area is 99.2 Å². The maximum Gasteiger partial charge on any atom is 0.295 e. The molecule has 0 radical (unpaired) electrons. The van der Waals surface area contributed by atoms with E-state index in [2.05, 4.69) is 29.0 Å². The summed E-state index contributed by atoms with van der Waals surface area (Å²) in [4.78, 5) is 8.20. The van der Waals surface area contributed by atoms with Gasteiger partial charge in [0.1, 0.15) is 0 Å². The zero-order chi connectivity index (χ0) is 12.4. The van der Waals surface area contributed by atoms with Gasteiger partial charge in [0.25, 0.3) is 5.89 Å². The van der Waals surface area contributed by atoms with Crippen molar-refractivity contribution in [3.63, 3.8) is 0 Å². The SMILES string of the molecule is Cc1ncoc1-c1nc(C(N)CC(C)C)no1. The van der Waals surface area contributed by atoms with Crippen LogP contribution in [0.15, 0.2) is 15.3 Å². The van der Waals surface area contributed by atoms with Crippen molar-refractivity contribution < 1.29 is 8.94 Å². The van der Waals surface area contributed by atoms with E-state index in [9.17, 15) is 0 Å². The fourth-order valence-electron chi connectivity index (χ4n) is 1.60. The number of hydrogen-bond donors (Lipinski definition) is 1. The molecule has 1 unspecified atom stereocenters.